The molecule has 2 aromatic heterocycles. The van der Waals surface area contributed by atoms with Crippen LogP contribution >= 0.6 is 23.1 Å². The first-order valence-corrected chi connectivity index (χ1v) is 13.6. The first kappa shape index (κ1) is 28.1. The number of β-lactam (4-membered cyclic amide) rings is 1. The quantitative estimate of drug-likeness (QED) is 0.0919. The summed E-state index contributed by atoms with van der Waals surface area (Å²) in [4.78, 5) is 45.8. The average Bonchev–Trinajstić information content (AvgIpc) is 3.23. The van der Waals surface area contributed by atoms with Crippen LogP contribution in [0.1, 0.15) is 11.3 Å². The number of thiazole rings is 1. The van der Waals surface area contributed by atoms with Crippen molar-refractivity contribution < 1.29 is 62.7 Å². The number of sulfone groups is 1. The number of carboxylic acids is 1. The largest absolute Gasteiger partial charge is 1.00 e. The Kier molecular flexibility index (Phi) is 8.79. The minimum absolute atomic E-state index is 0. The number of carbonyl (C=O) groups is 3. The summed E-state index contributed by atoms with van der Waals surface area (Å²) in [5.41, 5.74) is 4.99. The fourth-order valence-corrected chi connectivity index (χ4v) is 7.23. The molecule has 0 radical (unpaired) electrons. The summed E-state index contributed by atoms with van der Waals surface area (Å²) in [7, 11) is -3.78. The van der Waals surface area contributed by atoms with Crippen molar-refractivity contribution in [1.82, 2.24) is 20.2 Å². The van der Waals surface area contributed by atoms with Crippen LogP contribution in [0.4, 0.5) is 5.13 Å². The Balaban J connectivity index is 0.00000361. The van der Waals surface area contributed by atoms with Crippen molar-refractivity contribution in [2.75, 3.05) is 17.2 Å². The van der Waals surface area contributed by atoms with Crippen LogP contribution < -0.4 is 45.7 Å². The van der Waals surface area contributed by atoms with Crippen molar-refractivity contribution in [3.63, 3.8) is 0 Å². The summed E-state index contributed by atoms with van der Waals surface area (Å²) < 4.78 is 25.4. The predicted molar refractivity (Wildman–Crippen MR) is 124 cm³/mol. The van der Waals surface area contributed by atoms with E-state index in [1.54, 1.807) is 12.1 Å². The van der Waals surface area contributed by atoms with E-state index in [2.05, 4.69) is 20.4 Å². The van der Waals surface area contributed by atoms with Crippen LogP contribution in [-0.2, 0) is 30.0 Å². The number of fused-ring (bicyclic) bond motifs is 1. The van der Waals surface area contributed by atoms with Crippen molar-refractivity contribution in [3.05, 3.63) is 52.4 Å². The summed E-state index contributed by atoms with van der Waals surface area (Å²) in [5.74, 6) is -4.34. The van der Waals surface area contributed by atoms with E-state index in [0.29, 0.717) is 5.56 Å². The van der Waals surface area contributed by atoms with Gasteiger partial charge in [0.25, 0.3) is 11.8 Å². The molecule has 4 heterocycles. The number of hydrogen-bond donors (Lipinski definition) is 3. The van der Waals surface area contributed by atoms with E-state index >= 15 is 0 Å². The monoisotopic (exact) mass is 560 g/mol. The maximum Gasteiger partial charge on any atom is 1.00 e. The molecule has 36 heavy (non-hydrogen) atoms. The molecule has 2 atom stereocenters. The number of aromatic nitrogens is 2. The van der Waals surface area contributed by atoms with Crippen molar-refractivity contribution in [3.8, 4) is 0 Å². The number of hydrogen-bond acceptors (Lipinski definition) is 13. The van der Waals surface area contributed by atoms with Crippen LogP contribution in [0.25, 0.3) is 0 Å². The van der Waals surface area contributed by atoms with Crippen LogP contribution in [0.2, 0.25) is 0 Å². The van der Waals surface area contributed by atoms with Gasteiger partial charge in [0.15, 0.2) is 20.7 Å². The number of carboxylic acid groups (broad SMARTS) is 1. The number of aliphatic carboxylic acids is 1. The van der Waals surface area contributed by atoms with Gasteiger partial charge in [-0.3, -0.25) is 19.5 Å². The Morgan fingerprint density at radius 3 is 2.69 bits per heavy atom. The van der Waals surface area contributed by atoms with Crippen molar-refractivity contribution in [2.24, 2.45) is 5.16 Å². The van der Waals surface area contributed by atoms with Gasteiger partial charge in [0.1, 0.15) is 17.1 Å². The van der Waals surface area contributed by atoms with Gasteiger partial charge in [0, 0.05) is 23.5 Å². The van der Waals surface area contributed by atoms with Gasteiger partial charge in [-0.1, -0.05) is 11.2 Å². The topological polar surface area (TPSA) is 208 Å². The van der Waals surface area contributed by atoms with Gasteiger partial charge in [0.2, 0.25) is 0 Å². The van der Waals surface area contributed by atoms with Crippen molar-refractivity contribution in [2.45, 2.75) is 17.2 Å². The maximum atomic E-state index is 12.8. The van der Waals surface area contributed by atoms with Gasteiger partial charge in [-0.05, 0) is 17.2 Å². The molecule has 1 fully saturated rings. The first-order valence-electron chi connectivity index (χ1n) is 9.83. The molecule has 2 amide bonds. The van der Waals surface area contributed by atoms with Crippen LogP contribution in [0.15, 0.2) is 46.3 Å². The molecule has 2 aliphatic heterocycles. The fraction of sp³-hybridized carbons (Fsp3) is 0.263. The number of nitrogens with two attached hydrogens (primary N) is 1. The van der Waals surface area contributed by atoms with Gasteiger partial charge in [-0.15, -0.1) is 23.1 Å². The van der Waals surface area contributed by atoms with Gasteiger partial charge in [-0.2, -0.15) is 0 Å². The molecule has 0 spiro atoms. The van der Waals surface area contributed by atoms with E-state index in [1.165, 1.54) is 17.8 Å². The molecule has 4 N–H and O–H groups in total. The minimum atomic E-state index is -3.78. The summed E-state index contributed by atoms with van der Waals surface area (Å²) in [6.45, 7) is 0. The SMILES string of the molecule is Nc1nc(/C(=N/O)C(=O)NC2C(=O)N3C(C(=O)[O-])=C(CS(=O)(=O)Cc4cccnc4)CS[C@H]23)cs1.[Na+]. The molecule has 2 aromatic rings. The summed E-state index contributed by atoms with van der Waals surface area (Å²) >= 11 is 2.11. The molecule has 0 saturated carbocycles. The van der Waals surface area contributed by atoms with E-state index in [-0.39, 0.29) is 57.5 Å². The molecule has 4 rings (SSSR count). The molecule has 0 bridgehead atoms. The molecular formula is C19H17N6NaO7S3. The van der Waals surface area contributed by atoms with E-state index in [0.717, 1.165) is 28.0 Å². The van der Waals surface area contributed by atoms with E-state index in [9.17, 15) is 33.1 Å². The van der Waals surface area contributed by atoms with Crippen molar-refractivity contribution in [1.29, 1.82) is 0 Å². The first-order chi connectivity index (χ1) is 16.6. The third-order valence-corrected chi connectivity index (χ3v) is 8.69. The molecule has 0 aromatic carbocycles. The smallest absolute Gasteiger partial charge is 0.543 e. The minimum Gasteiger partial charge on any atom is -0.543 e. The number of nitrogen functional groups attached to an aromatic ring is 1. The Bertz CT molecular complexity index is 1360. The number of amides is 2. The number of pyridine rings is 1. The molecule has 184 valence electrons. The number of thioether (sulfide) groups is 1. The molecule has 1 unspecified atom stereocenters. The standard InChI is InChI=1S/C19H18N6O7S3.Na/c20-19-22-11(6-34-19)12(24-30)15(26)23-13-16(27)25-14(18(28)29)10(5-33-17(13)25)8-35(31,32)7-9-2-1-3-21-4-9;/h1-4,6,13,17,30H,5,7-8H2,(H2,20,22)(H,23,26)(H,28,29);/q;+1/p-1/b24-12-;/t13?,17-;/m1./s1. The normalized spacial score (nSPS) is 19.7. The third-order valence-electron chi connectivity index (χ3n) is 5.11. The molecule has 13 nitrogen and oxygen atoms in total. The van der Waals surface area contributed by atoms with E-state index < -0.39 is 56.2 Å². The summed E-state index contributed by atoms with van der Waals surface area (Å²) in [6.07, 6.45) is 2.89. The van der Waals surface area contributed by atoms with E-state index in [1.807, 2.05) is 0 Å². The van der Waals surface area contributed by atoms with Crippen LogP contribution in [0.5, 0.6) is 0 Å². The Morgan fingerprint density at radius 1 is 1.36 bits per heavy atom. The third kappa shape index (κ3) is 5.73. The van der Waals surface area contributed by atoms with Gasteiger partial charge in [-0.25, -0.2) is 13.4 Å². The number of rotatable bonds is 8. The van der Waals surface area contributed by atoms with Crippen LogP contribution in [0, 0.1) is 0 Å². The number of anilines is 1. The molecular weight excluding hydrogens is 543 g/mol. The average molecular weight is 561 g/mol. The van der Waals surface area contributed by atoms with Crippen LogP contribution in [-0.4, -0.2) is 74.9 Å². The molecule has 0 aliphatic carbocycles. The summed E-state index contributed by atoms with van der Waals surface area (Å²) in [5, 5.41) is 27.1. The molecule has 1 saturated heterocycles. The summed E-state index contributed by atoms with van der Waals surface area (Å²) in [6, 6.07) is 2.03. The zero-order valence-electron chi connectivity index (χ0n) is 18.7. The van der Waals surface area contributed by atoms with Crippen LogP contribution in [0.3, 0.4) is 0 Å². The Morgan fingerprint density at radius 2 is 2.11 bits per heavy atom. The number of carbonyl (C=O) groups excluding carboxylic acids is 3. The number of nitrogens with zero attached hydrogens (tertiary/aromatic N) is 4. The predicted octanol–water partition coefficient (Wildman–Crippen LogP) is -4.68. The number of oxime groups is 1. The van der Waals surface area contributed by atoms with Gasteiger partial charge in [0.05, 0.1) is 23.2 Å². The molecule has 2 aliphatic rings. The maximum absolute atomic E-state index is 12.8. The zero-order valence-corrected chi connectivity index (χ0v) is 23.1. The second-order valence-corrected chi connectivity index (χ2v) is 11.6. The zero-order chi connectivity index (χ0) is 25.3. The number of nitrogens with one attached hydrogen (secondary N) is 1. The fourth-order valence-electron chi connectivity index (χ4n) is 3.66. The molecule has 17 heteroatoms. The second kappa shape index (κ2) is 11.3. The van der Waals surface area contributed by atoms with Gasteiger partial charge >= 0.3 is 29.6 Å². The Labute approximate surface area is 235 Å². The Hall–Kier alpha value is -2.50. The second-order valence-electron chi connectivity index (χ2n) is 7.51. The van der Waals surface area contributed by atoms with Crippen molar-refractivity contribution >= 4 is 61.6 Å². The van der Waals surface area contributed by atoms with E-state index in [4.69, 9.17) is 5.73 Å². The van der Waals surface area contributed by atoms with Gasteiger partial charge < -0.3 is 26.2 Å².